The summed E-state index contributed by atoms with van der Waals surface area (Å²) in [6, 6.07) is 2.62. The van der Waals surface area contributed by atoms with Crippen molar-refractivity contribution in [3.05, 3.63) is 23.3 Å². The summed E-state index contributed by atoms with van der Waals surface area (Å²) in [5.74, 6) is -0.438. The largest absolute Gasteiger partial charge is 0.508 e. The van der Waals surface area contributed by atoms with Crippen LogP contribution in [0.3, 0.4) is 0 Å². The van der Waals surface area contributed by atoms with E-state index in [0.29, 0.717) is 18.4 Å². The Morgan fingerprint density at radius 3 is 2.00 bits per heavy atom. The van der Waals surface area contributed by atoms with E-state index in [2.05, 4.69) is 13.8 Å². The van der Waals surface area contributed by atoms with E-state index in [1.54, 1.807) is 0 Å². The lowest BCUT2D eigenvalue weighted by Gasteiger charge is -2.11. The van der Waals surface area contributed by atoms with Crippen LogP contribution in [0.25, 0.3) is 0 Å². The van der Waals surface area contributed by atoms with Crippen molar-refractivity contribution in [1.82, 2.24) is 0 Å². The van der Waals surface area contributed by atoms with Crippen LogP contribution in [0.4, 0.5) is 0 Å². The third-order valence-electron chi connectivity index (χ3n) is 4.92. The average molecular weight is 377 g/mol. The number of carbonyl (C=O) groups excluding carboxylic acids is 2. The highest BCUT2D eigenvalue weighted by atomic mass is 16.3. The highest BCUT2D eigenvalue weighted by Crippen LogP contribution is 2.30. The lowest BCUT2D eigenvalue weighted by Crippen LogP contribution is -2.09. The Hall–Kier alpha value is -1.84. The van der Waals surface area contributed by atoms with E-state index in [1.807, 2.05) is 0 Å². The molecule has 1 aromatic rings. The van der Waals surface area contributed by atoms with Gasteiger partial charge in [-0.2, -0.15) is 0 Å². The molecule has 2 N–H and O–H groups in total. The zero-order chi connectivity index (χ0) is 20.1. The zero-order valence-electron chi connectivity index (χ0n) is 17.1. The number of benzene rings is 1. The van der Waals surface area contributed by atoms with E-state index in [0.717, 1.165) is 38.5 Å². The predicted octanol–water partition coefficient (Wildman–Crippen LogP) is 6.11. The van der Waals surface area contributed by atoms with Gasteiger partial charge in [-0.05, 0) is 24.5 Å². The van der Waals surface area contributed by atoms with Crippen LogP contribution >= 0.6 is 0 Å². The summed E-state index contributed by atoms with van der Waals surface area (Å²) in [6.07, 6.45) is 11.6. The summed E-state index contributed by atoms with van der Waals surface area (Å²) in [4.78, 5) is 24.8. The summed E-state index contributed by atoms with van der Waals surface area (Å²) in [5.41, 5.74) is 0.657. The van der Waals surface area contributed by atoms with Gasteiger partial charge in [0.15, 0.2) is 5.78 Å². The quantitative estimate of drug-likeness (QED) is 0.286. The molecule has 1 aromatic carbocycles. The molecule has 0 aliphatic heterocycles. The van der Waals surface area contributed by atoms with Crippen molar-refractivity contribution in [2.45, 2.75) is 97.3 Å². The van der Waals surface area contributed by atoms with E-state index >= 15 is 0 Å². The van der Waals surface area contributed by atoms with Crippen LogP contribution in [0, 0.1) is 0 Å². The van der Waals surface area contributed by atoms with Crippen LogP contribution in [0.15, 0.2) is 12.1 Å². The molecule has 4 nitrogen and oxygen atoms in total. The number of aromatic hydroxyl groups is 2. The van der Waals surface area contributed by atoms with Crippen molar-refractivity contribution in [3.8, 4) is 11.5 Å². The summed E-state index contributed by atoms with van der Waals surface area (Å²) >= 11 is 0. The first kappa shape index (κ1) is 23.2. The van der Waals surface area contributed by atoms with Gasteiger partial charge in [0.2, 0.25) is 0 Å². The minimum atomic E-state index is -0.223. The maximum absolute atomic E-state index is 12.6. The van der Waals surface area contributed by atoms with Gasteiger partial charge in [-0.25, -0.2) is 0 Å². The smallest absolute Gasteiger partial charge is 0.166 e. The predicted molar refractivity (Wildman–Crippen MR) is 110 cm³/mol. The maximum atomic E-state index is 12.6. The lowest BCUT2D eigenvalue weighted by atomic mass is 9.93. The number of hydrogen-bond donors (Lipinski definition) is 2. The first-order valence-electron chi connectivity index (χ1n) is 10.6. The fourth-order valence-corrected chi connectivity index (χ4v) is 3.37. The second-order valence-corrected chi connectivity index (χ2v) is 7.47. The van der Waals surface area contributed by atoms with Crippen LogP contribution in [0.5, 0.6) is 11.5 Å². The number of phenols is 2. The highest BCUT2D eigenvalue weighted by molar-refractivity contribution is 6.01. The molecule has 152 valence electrons. The monoisotopic (exact) mass is 376 g/mol. The summed E-state index contributed by atoms with van der Waals surface area (Å²) in [5, 5.41) is 19.9. The van der Waals surface area contributed by atoms with Gasteiger partial charge in [0.1, 0.15) is 17.3 Å². The summed E-state index contributed by atoms with van der Waals surface area (Å²) in [6.45, 7) is 4.27. The molecule has 0 radical (unpaired) electrons. The van der Waals surface area contributed by atoms with Crippen LogP contribution in [-0.2, 0) is 11.2 Å². The van der Waals surface area contributed by atoms with E-state index in [-0.39, 0.29) is 35.0 Å². The minimum absolute atomic E-state index is 0.0402. The molecule has 0 heterocycles. The second-order valence-electron chi connectivity index (χ2n) is 7.47. The van der Waals surface area contributed by atoms with Gasteiger partial charge >= 0.3 is 0 Å². The van der Waals surface area contributed by atoms with Gasteiger partial charge in [0.25, 0.3) is 0 Å². The van der Waals surface area contributed by atoms with Gasteiger partial charge in [-0.3, -0.25) is 9.59 Å². The Labute approximate surface area is 164 Å². The van der Waals surface area contributed by atoms with Gasteiger partial charge in [0, 0.05) is 25.3 Å². The number of carbonyl (C=O) groups is 2. The first-order chi connectivity index (χ1) is 13.0. The molecule has 0 unspecified atom stereocenters. The van der Waals surface area contributed by atoms with Crippen LogP contribution in [0.1, 0.15) is 107 Å². The molecule has 0 fully saturated rings. The number of Topliss-reactive ketones (excluding diaryl/α,β-unsaturated/α-hetero) is 2. The van der Waals surface area contributed by atoms with Gasteiger partial charge in [-0.15, -0.1) is 0 Å². The molecule has 27 heavy (non-hydrogen) atoms. The SMILES string of the molecule is CCCCCCCCCC(=O)c1c(O)cc(O)cc1CC(=O)CCCCC. The Morgan fingerprint density at radius 2 is 1.33 bits per heavy atom. The Balaban J connectivity index is 2.64. The molecule has 0 saturated carbocycles. The van der Waals surface area contributed by atoms with Crippen molar-refractivity contribution in [3.63, 3.8) is 0 Å². The molecule has 0 aliphatic rings. The van der Waals surface area contributed by atoms with Crippen LogP contribution < -0.4 is 0 Å². The molecule has 0 bridgehead atoms. The molecule has 0 saturated heterocycles. The van der Waals surface area contributed by atoms with E-state index in [9.17, 15) is 19.8 Å². The minimum Gasteiger partial charge on any atom is -0.508 e. The fraction of sp³-hybridized carbons (Fsp3) is 0.652. The number of unbranched alkanes of at least 4 members (excludes halogenated alkanes) is 8. The lowest BCUT2D eigenvalue weighted by molar-refractivity contribution is -0.118. The van der Waals surface area contributed by atoms with Crippen molar-refractivity contribution in [2.24, 2.45) is 0 Å². The summed E-state index contributed by atoms with van der Waals surface area (Å²) < 4.78 is 0. The third kappa shape index (κ3) is 9.07. The van der Waals surface area contributed by atoms with Gasteiger partial charge in [-0.1, -0.05) is 65.2 Å². The van der Waals surface area contributed by atoms with Crippen molar-refractivity contribution in [2.75, 3.05) is 0 Å². The molecular weight excluding hydrogens is 340 g/mol. The normalized spacial score (nSPS) is 10.9. The average Bonchev–Trinajstić information content (AvgIpc) is 2.60. The molecule has 0 amide bonds. The van der Waals surface area contributed by atoms with Crippen LogP contribution in [-0.4, -0.2) is 21.8 Å². The zero-order valence-corrected chi connectivity index (χ0v) is 17.1. The van der Waals surface area contributed by atoms with Gasteiger partial charge < -0.3 is 10.2 Å². The molecule has 0 atom stereocenters. The van der Waals surface area contributed by atoms with Gasteiger partial charge in [0.05, 0.1) is 5.56 Å². The highest BCUT2D eigenvalue weighted by Gasteiger charge is 2.19. The molecule has 4 heteroatoms. The number of phenolic OH excluding ortho intramolecular Hbond substituents is 2. The standard InChI is InChI=1S/C23H36O4/c1-3-5-7-8-9-10-12-14-21(26)23-18(16-20(25)17-22(23)27)15-19(24)13-11-6-4-2/h16-17,25,27H,3-15H2,1-2H3. The molecule has 0 aromatic heterocycles. The second kappa shape index (κ2) is 13.3. The maximum Gasteiger partial charge on any atom is 0.166 e. The fourth-order valence-electron chi connectivity index (χ4n) is 3.37. The molecule has 0 spiro atoms. The van der Waals surface area contributed by atoms with E-state index < -0.39 is 0 Å². The number of ketones is 2. The van der Waals surface area contributed by atoms with Crippen molar-refractivity contribution < 1.29 is 19.8 Å². The first-order valence-corrected chi connectivity index (χ1v) is 10.6. The van der Waals surface area contributed by atoms with Crippen LogP contribution in [0.2, 0.25) is 0 Å². The van der Waals surface area contributed by atoms with E-state index in [4.69, 9.17) is 0 Å². The summed E-state index contributed by atoms with van der Waals surface area (Å²) in [7, 11) is 0. The number of hydrogen-bond acceptors (Lipinski definition) is 4. The Kier molecular flexibility index (Phi) is 11.5. The van der Waals surface area contributed by atoms with Crippen molar-refractivity contribution >= 4 is 11.6 Å². The number of rotatable bonds is 15. The Bertz CT molecular complexity index is 592. The molecule has 0 aliphatic carbocycles. The van der Waals surface area contributed by atoms with Crippen molar-refractivity contribution in [1.29, 1.82) is 0 Å². The topological polar surface area (TPSA) is 74.6 Å². The Morgan fingerprint density at radius 1 is 0.778 bits per heavy atom. The molecule has 1 rings (SSSR count). The van der Waals surface area contributed by atoms with E-state index in [1.165, 1.54) is 37.8 Å². The molecular formula is C23H36O4. The third-order valence-corrected chi connectivity index (χ3v) is 4.92.